The first kappa shape index (κ1) is 9.64. The van der Waals surface area contributed by atoms with Crippen molar-refractivity contribution in [3.8, 4) is 0 Å². The number of hydrogen-bond donors (Lipinski definition) is 1. The van der Waals surface area contributed by atoms with Gasteiger partial charge in [-0.25, -0.2) is 0 Å². The Bertz CT molecular complexity index is 390. The van der Waals surface area contributed by atoms with E-state index in [1.54, 1.807) is 5.10 Å². The Hall–Kier alpha value is -2.45. The molecule has 1 heterocycles. The van der Waals surface area contributed by atoms with Crippen molar-refractivity contribution in [1.29, 1.82) is 0 Å². The summed E-state index contributed by atoms with van der Waals surface area (Å²) in [5.41, 5.74) is -3.26. The molecule has 0 saturated carbocycles. The first-order valence-electron chi connectivity index (χ1n) is 3.10. The lowest BCUT2D eigenvalue weighted by Crippen LogP contribution is -2.25. The van der Waals surface area contributed by atoms with E-state index in [0.29, 0.717) is 0 Å². The molecule has 0 aliphatic heterocycles. The number of carbonyl (C=O) groups excluding carboxylic acids is 2. The van der Waals surface area contributed by atoms with E-state index in [4.69, 9.17) is 0 Å². The summed E-state index contributed by atoms with van der Waals surface area (Å²) in [5.74, 6) is -3.86. The maximum Gasteiger partial charge on any atom is 0.325 e. The summed E-state index contributed by atoms with van der Waals surface area (Å²) in [7, 11) is 0. The van der Waals surface area contributed by atoms with Gasteiger partial charge in [0, 0.05) is 0 Å². The third kappa shape index (κ3) is 1.37. The van der Waals surface area contributed by atoms with Crippen LogP contribution in [0.25, 0.3) is 0 Å². The Morgan fingerprint density at radius 2 is 1.86 bits per heavy atom. The molecule has 9 heteroatoms. The molecule has 0 amide bonds. The first-order valence-corrected chi connectivity index (χ1v) is 3.10. The molecule has 14 heavy (non-hydrogen) atoms. The Kier molecular flexibility index (Phi) is 2.15. The van der Waals surface area contributed by atoms with E-state index in [0.717, 1.165) is 0 Å². The SMILES string of the molecule is O=C([O-])c1n[nH]c(C(=O)[O-])c1[N+](=O)[O-]. The van der Waals surface area contributed by atoms with Crippen molar-refractivity contribution in [3.05, 3.63) is 21.5 Å². The minimum atomic E-state index is -1.94. The lowest BCUT2D eigenvalue weighted by Gasteiger charge is -1.98. The van der Waals surface area contributed by atoms with Crippen LogP contribution in [0, 0.1) is 10.1 Å². The monoisotopic (exact) mass is 199 g/mol. The highest BCUT2D eigenvalue weighted by Gasteiger charge is 2.25. The highest BCUT2D eigenvalue weighted by atomic mass is 16.6. The van der Waals surface area contributed by atoms with Crippen LogP contribution in [-0.4, -0.2) is 27.1 Å². The summed E-state index contributed by atoms with van der Waals surface area (Å²) >= 11 is 0. The van der Waals surface area contributed by atoms with Crippen molar-refractivity contribution in [1.82, 2.24) is 10.2 Å². The van der Waals surface area contributed by atoms with Gasteiger partial charge in [-0.1, -0.05) is 0 Å². The molecule has 0 bridgehead atoms. The van der Waals surface area contributed by atoms with Gasteiger partial charge in [-0.2, -0.15) is 5.10 Å². The number of aromatic carboxylic acids is 2. The largest absolute Gasteiger partial charge is 0.543 e. The van der Waals surface area contributed by atoms with Crippen LogP contribution < -0.4 is 10.2 Å². The van der Waals surface area contributed by atoms with Gasteiger partial charge in [-0.3, -0.25) is 15.2 Å². The minimum absolute atomic E-state index is 1.01. The zero-order valence-corrected chi connectivity index (χ0v) is 6.34. The van der Waals surface area contributed by atoms with Crippen LogP contribution in [0.4, 0.5) is 5.69 Å². The first-order chi connectivity index (χ1) is 6.45. The predicted molar refractivity (Wildman–Crippen MR) is 33.9 cm³/mol. The number of rotatable bonds is 3. The van der Waals surface area contributed by atoms with Crippen molar-refractivity contribution < 1.29 is 24.7 Å². The standard InChI is InChI=1S/C5H3N3O6/c9-4(10)1-3(8(13)14)2(5(11)12)7-6-1/h(H,6,7)(H,9,10)(H,11,12)/p-2. The van der Waals surface area contributed by atoms with Gasteiger partial charge in [0.2, 0.25) is 0 Å². The molecule has 0 spiro atoms. The number of hydrogen-bond acceptors (Lipinski definition) is 7. The average molecular weight is 199 g/mol. The number of carbonyl (C=O) groups is 2. The van der Waals surface area contributed by atoms with Gasteiger partial charge in [-0.05, 0) is 0 Å². The Balaban J connectivity index is 3.42. The molecule has 1 N–H and O–H groups in total. The van der Waals surface area contributed by atoms with Gasteiger partial charge < -0.3 is 19.8 Å². The third-order valence-corrected chi connectivity index (χ3v) is 1.32. The number of nitrogens with one attached hydrogen (secondary N) is 1. The maximum atomic E-state index is 10.3. The molecule has 0 saturated heterocycles. The lowest BCUT2D eigenvalue weighted by atomic mass is 10.3. The molecular weight excluding hydrogens is 198 g/mol. The van der Waals surface area contributed by atoms with Gasteiger partial charge in [0.05, 0.1) is 16.9 Å². The van der Waals surface area contributed by atoms with Crippen molar-refractivity contribution in [2.75, 3.05) is 0 Å². The number of carboxylic acid groups (broad SMARTS) is 2. The molecular formula is C5HN3O6-2. The Morgan fingerprint density at radius 3 is 2.21 bits per heavy atom. The molecule has 74 valence electrons. The van der Waals surface area contributed by atoms with Crippen LogP contribution in [0.15, 0.2) is 0 Å². The summed E-state index contributed by atoms with van der Waals surface area (Å²) < 4.78 is 0. The molecule has 0 aliphatic carbocycles. The van der Waals surface area contributed by atoms with Crippen molar-refractivity contribution in [2.24, 2.45) is 0 Å². The van der Waals surface area contributed by atoms with Gasteiger partial charge in [0.25, 0.3) is 0 Å². The highest BCUT2D eigenvalue weighted by molar-refractivity contribution is 5.96. The summed E-state index contributed by atoms with van der Waals surface area (Å²) in [5, 5.41) is 35.4. The van der Waals surface area contributed by atoms with Crippen LogP contribution in [0.3, 0.4) is 0 Å². The number of aromatic nitrogens is 2. The van der Waals surface area contributed by atoms with Crippen molar-refractivity contribution >= 4 is 17.6 Å². The topological polar surface area (TPSA) is 152 Å². The fourth-order valence-electron chi connectivity index (χ4n) is 0.798. The molecule has 1 aromatic heterocycles. The van der Waals surface area contributed by atoms with Gasteiger partial charge in [0.1, 0.15) is 0 Å². The summed E-state index contributed by atoms with van der Waals surface area (Å²) in [6.45, 7) is 0. The van der Waals surface area contributed by atoms with Gasteiger partial charge in [-0.15, -0.1) is 0 Å². The molecule has 0 unspecified atom stereocenters. The molecule has 1 rings (SSSR count). The molecule has 0 atom stereocenters. The second-order valence-corrected chi connectivity index (χ2v) is 2.13. The van der Waals surface area contributed by atoms with Gasteiger partial charge in [0.15, 0.2) is 11.4 Å². The fraction of sp³-hybridized carbons (Fsp3) is 0. The summed E-state index contributed by atoms with van der Waals surface area (Å²) in [6, 6.07) is 0. The predicted octanol–water partition coefficient (Wildman–Crippen LogP) is -2.96. The zero-order valence-electron chi connectivity index (χ0n) is 6.34. The maximum absolute atomic E-state index is 10.3. The zero-order chi connectivity index (χ0) is 10.9. The molecule has 1 aromatic rings. The molecule has 0 radical (unpaired) electrons. The van der Waals surface area contributed by atoms with E-state index >= 15 is 0 Å². The fourth-order valence-corrected chi connectivity index (χ4v) is 0.798. The van der Waals surface area contributed by atoms with E-state index in [1.807, 2.05) is 0 Å². The highest BCUT2D eigenvalue weighted by Crippen LogP contribution is 2.19. The average Bonchev–Trinajstić information content (AvgIpc) is 2.46. The van der Waals surface area contributed by atoms with Crippen LogP contribution in [-0.2, 0) is 0 Å². The number of aromatic amines is 1. The van der Waals surface area contributed by atoms with Crippen molar-refractivity contribution in [2.45, 2.75) is 0 Å². The van der Waals surface area contributed by atoms with E-state index in [1.165, 1.54) is 0 Å². The number of nitro groups is 1. The second-order valence-electron chi connectivity index (χ2n) is 2.13. The van der Waals surface area contributed by atoms with E-state index in [2.05, 4.69) is 5.10 Å². The number of H-pyrrole nitrogens is 1. The van der Waals surface area contributed by atoms with Crippen LogP contribution >= 0.6 is 0 Å². The van der Waals surface area contributed by atoms with Crippen LogP contribution in [0.2, 0.25) is 0 Å². The Labute approximate surface area is 75.1 Å². The summed E-state index contributed by atoms with van der Waals surface area (Å²) in [4.78, 5) is 29.6. The second kappa shape index (κ2) is 3.12. The van der Waals surface area contributed by atoms with E-state index < -0.39 is 33.9 Å². The third-order valence-electron chi connectivity index (χ3n) is 1.32. The van der Waals surface area contributed by atoms with Crippen LogP contribution in [0.1, 0.15) is 21.0 Å². The molecule has 0 aromatic carbocycles. The molecule has 9 nitrogen and oxygen atoms in total. The van der Waals surface area contributed by atoms with Crippen LogP contribution in [0.5, 0.6) is 0 Å². The van der Waals surface area contributed by atoms with E-state index in [9.17, 15) is 29.9 Å². The van der Waals surface area contributed by atoms with Crippen molar-refractivity contribution in [3.63, 3.8) is 0 Å². The quantitative estimate of drug-likeness (QED) is 0.403. The smallest absolute Gasteiger partial charge is 0.325 e. The van der Waals surface area contributed by atoms with Gasteiger partial charge >= 0.3 is 5.69 Å². The normalized spacial score (nSPS) is 9.71. The number of carboxylic acids is 2. The summed E-state index contributed by atoms with van der Waals surface area (Å²) in [6.07, 6.45) is 0. The Morgan fingerprint density at radius 1 is 1.29 bits per heavy atom. The van der Waals surface area contributed by atoms with E-state index in [-0.39, 0.29) is 0 Å². The minimum Gasteiger partial charge on any atom is -0.543 e. The molecule has 0 aliphatic rings. The number of nitrogens with zero attached hydrogens (tertiary/aromatic N) is 2. The lowest BCUT2D eigenvalue weighted by molar-refractivity contribution is -0.386. The molecule has 0 fully saturated rings.